The minimum absolute atomic E-state index is 0.0147. The zero-order valence-electron chi connectivity index (χ0n) is 15.9. The summed E-state index contributed by atoms with van der Waals surface area (Å²) in [6, 6.07) is 10.7. The monoisotopic (exact) mass is 415 g/mol. The minimum atomic E-state index is -0.518. The molecule has 152 valence electrons. The van der Waals surface area contributed by atoms with Crippen molar-refractivity contribution < 1.29 is 14.8 Å². The number of nitro groups is 1. The third-order valence-corrected chi connectivity index (χ3v) is 4.01. The molecule has 0 spiro atoms. The lowest BCUT2D eigenvalue weighted by Gasteiger charge is -2.11. The van der Waals surface area contributed by atoms with Gasteiger partial charge in [-0.2, -0.15) is 5.10 Å². The van der Waals surface area contributed by atoms with E-state index in [4.69, 9.17) is 12.2 Å². The maximum Gasteiger partial charge on any atom is 0.292 e. The van der Waals surface area contributed by atoms with E-state index in [1.165, 1.54) is 18.2 Å². The average Bonchev–Trinajstić information content (AvgIpc) is 2.68. The molecule has 0 aliphatic rings. The Labute approximate surface area is 173 Å². The van der Waals surface area contributed by atoms with E-state index in [2.05, 4.69) is 21.2 Å². The van der Waals surface area contributed by atoms with Crippen molar-refractivity contribution in [1.29, 1.82) is 0 Å². The van der Waals surface area contributed by atoms with Gasteiger partial charge in [-0.15, -0.1) is 0 Å². The van der Waals surface area contributed by atoms with Crippen molar-refractivity contribution in [2.24, 2.45) is 5.10 Å². The lowest BCUT2D eigenvalue weighted by atomic mass is 10.1. The molecule has 0 unspecified atom stereocenters. The number of hydrogen-bond acceptors (Lipinski definition) is 6. The van der Waals surface area contributed by atoms with Crippen molar-refractivity contribution in [2.45, 2.75) is 26.7 Å². The molecule has 2 rings (SSSR count). The van der Waals surface area contributed by atoms with Crippen LogP contribution in [0, 0.1) is 10.1 Å². The number of thiocarbonyl (C=S) groups is 1. The quantitative estimate of drug-likeness (QED) is 0.178. The van der Waals surface area contributed by atoms with Crippen LogP contribution in [0.4, 0.5) is 17.1 Å². The van der Waals surface area contributed by atoms with E-state index in [1.807, 2.05) is 6.92 Å². The SMILES string of the molecule is CCCC(=O)Nc1ccc(O)c(/C(C)=N/NC(=S)Nc2ccccc2[N+](=O)[O-])c1. The van der Waals surface area contributed by atoms with Gasteiger partial charge in [0, 0.05) is 23.7 Å². The normalized spacial score (nSPS) is 10.9. The van der Waals surface area contributed by atoms with Crippen LogP contribution in [0.5, 0.6) is 5.75 Å². The Balaban J connectivity index is 2.10. The van der Waals surface area contributed by atoms with Crippen LogP contribution < -0.4 is 16.1 Å². The Morgan fingerprint density at radius 3 is 2.66 bits per heavy atom. The number of carbonyl (C=O) groups excluding carboxylic acids is 1. The Morgan fingerprint density at radius 1 is 1.24 bits per heavy atom. The maximum atomic E-state index is 11.8. The number of hydrazone groups is 1. The molecule has 0 heterocycles. The van der Waals surface area contributed by atoms with Crippen LogP contribution in [0.3, 0.4) is 0 Å². The molecular weight excluding hydrogens is 394 g/mol. The highest BCUT2D eigenvalue weighted by atomic mass is 32.1. The zero-order chi connectivity index (χ0) is 21.4. The molecule has 0 radical (unpaired) electrons. The van der Waals surface area contributed by atoms with Crippen LogP contribution in [0.15, 0.2) is 47.6 Å². The van der Waals surface area contributed by atoms with Crippen molar-refractivity contribution in [1.82, 2.24) is 5.43 Å². The second kappa shape index (κ2) is 10.1. The second-order valence-corrected chi connectivity index (χ2v) is 6.48. The third-order valence-electron chi connectivity index (χ3n) is 3.82. The molecule has 0 aliphatic carbocycles. The Bertz CT molecular complexity index is 961. The Hall–Kier alpha value is -3.53. The van der Waals surface area contributed by atoms with Crippen LogP contribution in [-0.4, -0.2) is 26.8 Å². The van der Waals surface area contributed by atoms with Crippen LogP contribution in [0.1, 0.15) is 32.3 Å². The predicted molar refractivity (Wildman–Crippen MR) is 116 cm³/mol. The summed E-state index contributed by atoms with van der Waals surface area (Å²) >= 11 is 5.12. The summed E-state index contributed by atoms with van der Waals surface area (Å²) in [5, 5.41) is 30.8. The van der Waals surface area contributed by atoms with Crippen LogP contribution in [0.25, 0.3) is 0 Å². The van der Waals surface area contributed by atoms with Crippen LogP contribution >= 0.6 is 12.2 Å². The summed E-state index contributed by atoms with van der Waals surface area (Å²) in [5.74, 6) is -0.134. The summed E-state index contributed by atoms with van der Waals surface area (Å²) < 4.78 is 0. The fourth-order valence-electron chi connectivity index (χ4n) is 2.44. The Morgan fingerprint density at radius 2 is 1.97 bits per heavy atom. The number of hydrogen-bond donors (Lipinski definition) is 4. The second-order valence-electron chi connectivity index (χ2n) is 6.07. The van der Waals surface area contributed by atoms with Crippen molar-refractivity contribution in [3.8, 4) is 5.75 Å². The van der Waals surface area contributed by atoms with Gasteiger partial charge in [0.05, 0.1) is 10.6 Å². The molecule has 10 heteroatoms. The van der Waals surface area contributed by atoms with Crippen LogP contribution in [-0.2, 0) is 4.79 Å². The Kier molecular flexibility index (Phi) is 7.61. The fraction of sp³-hybridized carbons (Fsp3) is 0.211. The molecule has 4 N–H and O–H groups in total. The zero-order valence-corrected chi connectivity index (χ0v) is 16.7. The number of rotatable bonds is 7. The first-order chi connectivity index (χ1) is 13.8. The topological polar surface area (TPSA) is 129 Å². The van der Waals surface area contributed by atoms with Gasteiger partial charge < -0.3 is 15.7 Å². The average molecular weight is 415 g/mol. The summed E-state index contributed by atoms with van der Waals surface area (Å²) in [5.41, 5.74) is 4.04. The highest BCUT2D eigenvalue weighted by Crippen LogP contribution is 2.24. The molecule has 0 atom stereocenters. The summed E-state index contributed by atoms with van der Waals surface area (Å²) in [6.45, 7) is 3.55. The maximum absolute atomic E-state index is 11.8. The fourth-order valence-corrected chi connectivity index (χ4v) is 2.59. The molecule has 0 fully saturated rings. The molecule has 0 aliphatic heterocycles. The number of phenolic OH excluding ortho intramolecular Hbond substituents is 1. The number of nitrogens with zero attached hydrogens (tertiary/aromatic N) is 2. The third kappa shape index (κ3) is 6.25. The number of phenols is 1. The van der Waals surface area contributed by atoms with Gasteiger partial charge in [-0.1, -0.05) is 19.1 Å². The van der Waals surface area contributed by atoms with Gasteiger partial charge in [0.25, 0.3) is 5.69 Å². The molecule has 0 aromatic heterocycles. The van der Waals surface area contributed by atoms with Gasteiger partial charge in [-0.25, -0.2) is 0 Å². The molecule has 1 amide bonds. The highest BCUT2D eigenvalue weighted by molar-refractivity contribution is 7.80. The first-order valence-electron chi connectivity index (χ1n) is 8.79. The molecule has 29 heavy (non-hydrogen) atoms. The smallest absolute Gasteiger partial charge is 0.292 e. The number of para-hydroxylation sites is 2. The summed E-state index contributed by atoms with van der Waals surface area (Å²) in [4.78, 5) is 22.3. The number of nitrogens with one attached hydrogen (secondary N) is 3. The predicted octanol–water partition coefficient (Wildman–Crippen LogP) is 3.75. The lowest BCUT2D eigenvalue weighted by molar-refractivity contribution is -0.383. The molecule has 9 nitrogen and oxygen atoms in total. The standard InChI is InChI=1S/C19H21N5O4S/c1-3-6-18(26)20-13-9-10-17(25)14(11-13)12(2)22-23-19(29)21-15-7-4-5-8-16(15)24(27)28/h4-5,7-11,25H,3,6H2,1-2H3,(H,20,26)(H2,21,23,29)/b22-12+. The van der Waals surface area contributed by atoms with E-state index >= 15 is 0 Å². The van der Waals surface area contributed by atoms with Crippen molar-refractivity contribution in [3.63, 3.8) is 0 Å². The first-order valence-corrected chi connectivity index (χ1v) is 9.20. The van der Waals surface area contributed by atoms with Crippen LogP contribution in [0.2, 0.25) is 0 Å². The summed E-state index contributed by atoms with van der Waals surface area (Å²) in [7, 11) is 0. The van der Waals surface area contributed by atoms with Gasteiger partial charge in [0.1, 0.15) is 11.4 Å². The van der Waals surface area contributed by atoms with Crippen molar-refractivity contribution in [2.75, 3.05) is 10.6 Å². The van der Waals surface area contributed by atoms with Gasteiger partial charge in [0.15, 0.2) is 5.11 Å². The van der Waals surface area contributed by atoms with Crippen molar-refractivity contribution >= 4 is 46.0 Å². The lowest BCUT2D eigenvalue weighted by Crippen LogP contribution is -2.25. The first kappa shape index (κ1) is 21.8. The van der Waals surface area contributed by atoms with E-state index in [-0.39, 0.29) is 28.1 Å². The van der Waals surface area contributed by atoms with Gasteiger partial charge in [-0.05, 0) is 49.8 Å². The van der Waals surface area contributed by atoms with Gasteiger partial charge in [0.2, 0.25) is 5.91 Å². The minimum Gasteiger partial charge on any atom is -0.507 e. The van der Waals surface area contributed by atoms with Gasteiger partial charge >= 0.3 is 0 Å². The van der Waals surface area contributed by atoms with E-state index in [0.717, 1.165) is 6.42 Å². The number of carbonyl (C=O) groups is 1. The molecule has 2 aromatic carbocycles. The largest absolute Gasteiger partial charge is 0.507 e. The van der Waals surface area contributed by atoms with Gasteiger partial charge in [-0.3, -0.25) is 20.3 Å². The number of nitro benzene ring substituents is 1. The number of anilines is 2. The molecule has 0 saturated heterocycles. The van der Waals surface area contributed by atoms with E-state index in [1.54, 1.807) is 31.2 Å². The molecule has 0 saturated carbocycles. The number of benzene rings is 2. The highest BCUT2D eigenvalue weighted by Gasteiger charge is 2.13. The van der Waals surface area contributed by atoms with Crippen molar-refractivity contribution in [3.05, 3.63) is 58.1 Å². The molecule has 0 bridgehead atoms. The number of aromatic hydroxyl groups is 1. The summed E-state index contributed by atoms with van der Waals surface area (Å²) in [6.07, 6.45) is 1.13. The number of amides is 1. The van der Waals surface area contributed by atoms with E-state index in [9.17, 15) is 20.0 Å². The van der Waals surface area contributed by atoms with E-state index in [0.29, 0.717) is 23.4 Å². The van der Waals surface area contributed by atoms with E-state index < -0.39 is 4.92 Å². The molecule has 2 aromatic rings. The molecular formula is C19H21N5O4S.